The first kappa shape index (κ1) is 24.6. The van der Waals surface area contributed by atoms with Crippen molar-refractivity contribution < 1.29 is 27.4 Å². The molecule has 0 fully saturated rings. The van der Waals surface area contributed by atoms with Gasteiger partial charge >= 0.3 is 6.18 Å². The van der Waals surface area contributed by atoms with E-state index in [4.69, 9.17) is 9.47 Å². The van der Waals surface area contributed by atoms with Gasteiger partial charge in [-0.1, -0.05) is 29.8 Å². The number of alkyl halides is 3. The Kier molecular flexibility index (Phi) is 6.05. The van der Waals surface area contributed by atoms with Gasteiger partial charge in [0.15, 0.2) is 22.8 Å². The van der Waals surface area contributed by atoms with Gasteiger partial charge in [0.05, 0.1) is 32.2 Å². The number of benzene rings is 2. The van der Waals surface area contributed by atoms with Crippen molar-refractivity contribution in [3.63, 3.8) is 0 Å². The van der Waals surface area contributed by atoms with Crippen molar-refractivity contribution in [2.75, 3.05) is 20.8 Å². The van der Waals surface area contributed by atoms with Crippen LogP contribution in [0.3, 0.4) is 0 Å². The minimum absolute atomic E-state index is 0.00948. The summed E-state index contributed by atoms with van der Waals surface area (Å²) in [7, 11) is 3.10. The fourth-order valence-electron chi connectivity index (χ4n) is 4.76. The Balaban J connectivity index is 1.59. The summed E-state index contributed by atoms with van der Waals surface area (Å²) in [4.78, 5) is 19.8. The second-order valence-electron chi connectivity index (χ2n) is 9.01. The summed E-state index contributed by atoms with van der Waals surface area (Å²) >= 11 is 0. The molecule has 37 heavy (non-hydrogen) atoms. The summed E-state index contributed by atoms with van der Waals surface area (Å²) in [6, 6.07) is 11.3. The molecule has 0 saturated carbocycles. The number of nitrogens with zero attached hydrogens (tertiary/aromatic N) is 4. The van der Waals surface area contributed by atoms with Crippen LogP contribution in [0.5, 0.6) is 11.5 Å². The van der Waals surface area contributed by atoms with Gasteiger partial charge in [-0.15, -0.1) is 0 Å². The van der Waals surface area contributed by atoms with E-state index >= 15 is 0 Å². The standard InChI is InChI=1S/C27H25F3N4O3/c1-15-5-7-17(8-6-15)21-13-24(27(28,29)30)34-25(32-21)20(14-31-34)26(35)33-10-9-18-11-22(36-3)23(37-4)12-19(18)16(33)2/h5-8,11-14,16H,9-10H2,1-4H3/t16-/m1/s1. The quantitative estimate of drug-likeness (QED) is 0.363. The van der Waals surface area contributed by atoms with Gasteiger partial charge in [-0.3, -0.25) is 4.79 Å². The van der Waals surface area contributed by atoms with Crippen molar-refractivity contribution in [3.8, 4) is 22.8 Å². The lowest BCUT2D eigenvalue weighted by Gasteiger charge is -2.35. The smallest absolute Gasteiger partial charge is 0.433 e. The Morgan fingerprint density at radius 1 is 1.05 bits per heavy atom. The van der Waals surface area contributed by atoms with Crippen LogP contribution in [0.2, 0.25) is 0 Å². The molecule has 4 aromatic rings. The summed E-state index contributed by atoms with van der Waals surface area (Å²) in [5, 5.41) is 3.92. The Bertz CT molecular complexity index is 1500. The molecule has 0 bridgehead atoms. The minimum atomic E-state index is -4.69. The van der Waals surface area contributed by atoms with Crippen molar-refractivity contribution in [2.24, 2.45) is 0 Å². The molecule has 3 heterocycles. The lowest BCUT2D eigenvalue weighted by Crippen LogP contribution is -2.39. The van der Waals surface area contributed by atoms with Gasteiger partial charge in [-0.2, -0.15) is 18.3 Å². The number of hydrogen-bond acceptors (Lipinski definition) is 5. The fourth-order valence-corrected chi connectivity index (χ4v) is 4.76. The highest BCUT2D eigenvalue weighted by molar-refractivity contribution is 6.00. The van der Waals surface area contributed by atoms with E-state index in [0.717, 1.165) is 29.0 Å². The Morgan fingerprint density at radius 3 is 2.38 bits per heavy atom. The number of carbonyl (C=O) groups excluding carboxylic acids is 1. The van der Waals surface area contributed by atoms with E-state index in [9.17, 15) is 18.0 Å². The van der Waals surface area contributed by atoms with Crippen LogP contribution in [-0.4, -0.2) is 46.2 Å². The van der Waals surface area contributed by atoms with Gasteiger partial charge in [0, 0.05) is 12.1 Å². The summed E-state index contributed by atoms with van der Waals surface area (Å²) in [6.45, 7) is 4.14. The predicted octanol–water partition coefficient (Wildman–Crippen LogP) is 5.50. The van der Waals surface area contributed by atoms with Crippen LogP contribution in [0.1, 0.15) is 45.7 Å². The van der Waals surface area contributed by atoms with E-state index in [1.54, 1.807) is 36.3 Å². The van der Waals surface area contributed by atoms with E-state index < -0.39 is 17.8 Å². The highest BCUT2D eigenvalue weighted by Gasteiger charge is 2.37. The third kappa shape index (κ3) is 4.26. The number of ether oxygens (including phenoxy) is 2. The number of rotatable bonds is 4. The summed E-state index contributed by atoms with van der Waals surface area (Å²) in [5.41, 5.74) is 2.38. The number of aromatic nitrogens is 3. The molecule has 10 heteroatoms. The van der Waals surface area contributed by atoms with Gasteiger partial charge < -0.3 is 14.4 Å². The van der Waals surface area contributed by atoms with E-state index in [1.807, 2.05) is 26.0 Å². The number of aryl methyl sites for hydroxylation is 1. The minimum Gasteiger partial charge on any atom is -0.493 e. The van der Waals surface area contributed by atoms with E-state index in [1.165, 1.54) is 7.11 Å². The number of carbonyl (C=O) groups is 1. The zero-order valence-electron chi connectivity index (χ0n) is 20.8. The van der Waals surface area contributed by atoms with Crippen molar-refractivity contribution in [1.82, 2.24) is 19.5 Å². The molecule has 192 valence electrons. The van der Waals surface area contributed by atoms with Crippen molar-refractivity contribution >= 4 is 11.6 Å². The molecule has 0 saturated heterocycles. The van der Waals surface area contributed by atoms with Crippen LogP contribution < -0.4 is 9.47 Å². The highest BCUT2D eigenvalue weighted by Crippen LogP contribution is 2.39. The third-order valence-corrected chi connectivity index (χ3v) is 6.79. The second kappa shape index (κ2) is 9.10. The first-order chi connectivity index (χ1) is 17.6. The molecule has 5 rings (SSSR count). The monoisotopic (exact) mass is 510 g/mol. The molecule has 0 aliphatic carbocycles. The second-order valence-corrected chi connectivity index (χ2v) is 9.01. The van der Waals surface area contributed by atoms with Crippen LogP contribution in [0.4, 0.5) is 13.2 Å². The number of halogens is 3. The Hall–Kier alpha value is -4.08. The van der Waals surface area contributed by atoms with Crippen molar-refractivity contribution in [1.29, 1.82) is 0 Å². The van der Waals surface area contributed by atoms with Crippen LogP contribution in [-0.2, 0) is 12.6 Å². The van der Waals surface area contributed by atoms with Gasteiger partial charge in [0.2, 0.25) is 0 Å². The molecular formula is C27H25F3N4O3. The maximum atomic E-state index is 14.0. The largest absolute Gasteiger partial charge is 0.493 e. The maximum Gasteiger partial charge on any atom is 0.433 e. The molecule has 1 aliphatic rings. The average molecular weight is 511 g/mol. The normalized spacial score (nSPS) is 15.5. The predicted molar refractivity (Wildman–Crippen MR) is 131 cm³/mol. The number of fused-ring (bicyclic) bond motifs is 2. The molecule has 1 aliphatic heterocycles. The molecule has 0 unspecified atom stereocenters. The van der Waals surface area contributed by atoms with Gasteiger partial charge in [-0.25, -0.2) is 9.50 Å². The first-order valence-corrected chi connectivity index (χ1v) is 11.7. The van der Waals surface area contributed by atoms with Gasteiger partial charge in [-0.05, 0) is 49.6 Å². The molecule has 2 aromatic heterocycles. The zero-order valence-corrected chi connectivity index (χ0v) is 20.8. The van der Waals surface area contributed by atoms with Gasteiger partial charge in [0.1, 0.15) is 5.56 Å². The average Bonchev–Trinajstić information content (AvgIpc) is 3.31. The van der Waals surface area contributed by atoms with Crippen LogP contribution in [0.15, 0.2) is 48.7 Å². The van der Waals surface area contributed by atoms with E-state index in [2.05, 4.69) is 10.1 Å². The third-order valence-electron chi connectivity index (χ3n) is 6.79. The number of amides is 1. The summed E-state index contributed by atoms with van der Waals surface area (Å²) in [6.07, 6.45) is -2.98. The lowest BCUT2D eigenvalue weighted by molar-refractivity contribution is -0.142. The highest BCUT2D eigenvalue weighted by atomic mass is 19.4. The fraction of sp³-hybridized carbons (Fsp3) is 0.296. The molecule has 1 atom stereocenters. The van der Waals surface area contributed by atoms with Crippen molar-refractivity contribution in [3.05, 3.63) is 76.6 Å². The zero-order chi connectivity index (χ0) is 26.5. The van der Waals surface area contributed by atoms with Crippen molar-refractivity contribution in [2.45, 2.75) is 32.5 Å². The maximum absolute atomic E-state index is 14.0. The van der Waals surface area contributed by atoms with E-state index in [-0.39, 0.29) is 22.9 Å². The molecule has 2 aromatic carbocycles. The molecule has 0 N–H and O–H groups in total. The topological polar surface area (TPSA) is 69.0 Å². The van der Waals surface area contributed by atoms with E-state index in [0.29, 0.717) is 34.5 Å². The molecule has 1 amide bonds. The SMILES string of the molecule is COc1cc2c(cc1OC)[C@@H](C)N(C(=O)c1cnn3c(C(F)(F)F)cc(-c4ccc(C)cc4)nc13)CC2. The van der Waals surface area contributed by atoms with Gasteiger partial charge in [0.25, 0.3) is 5.91 Å². The Morgan fingerprint density at radius 2 is 1.73 bits per heavy atom. The number of methoxy groups -OCH3 is 2. The summed E-state index contributed by atoms with van der Waals surface area (Å²) in [5.74, 6) is 0.700. The first-order valence-electron chi connectivity index (χ1n) is 11.7. The molecule has 0 radical (unpaired) electrons. The number of hydrogen-bond donors (Lipinski definition) is 0. The lowest BCUT2D eigenvalue weighted by atomic mass is 9.92. The molecule has 0 spiro atoms. The van der Waals surface area contributed by atoms with Crippen LogP contribution in [0.25, 0.3) is 16.9 Å². The molecule has 7 nitrogen and oxygen atoms in total. The van der Waals surface area contributed by atoms with Crippen LogP contribution in [0, 0.1) is 6.92 Å². The molecular weight excluding hydrogens is 485 g/mol. The van der Waals surface area contributed by atoms with Crippen LogP contribution >= 0.6 is 0 Å². The summed E-state index contributed by atoms with van der Waals surface area (Å²) < 4.78 is 53.5. The Labute approximate surface area is 211 Å².